The van der Waals surface area contributed by atoms with E-state index in [4.69, 9.17) is 10.3 Å². The molecule has 0 aromatic heterocycles. The van der Waals surface area contributed by atoms with Crippen LogP contribution >= 0.6 is 0 Å². The second-order valence-electron chi connectivity index (χ2n) is 9.83. The Kier molecular flexibility index (Phi) is 7.33. The van der Waals surface area contributed by atoms with E-state index in [0.29, 0.717) is 24.3 Å². The van der Waals surface area contributed by atoms with E-state index in [9.17, 15) is 18.3 Å². The number of carbonyl (C=O) groups excluding carboxylic acids is 1. The van der Waals surface area contributed by atoms with Crippen molar-refractivity contribution in [2.45, 2.75) is 44.1 Å². The molecule has 0 saturated carbocycles. The second-order valence-corrected chi connectivity index (χ2v) is 11.3. The Balaban J connectivity index is 0.000000555. The molecule has 1 saturated heterocycles. The zero-order valence-corrected chi connectivity index (χ0v) is 20.3. The van der Waals surface area contributed by atoms with Gasteiger partial charge < -0.3 is 15.7 Å². The summed E-state index contributed by atoms with van der Waals surface area (Å²) in [5, 5.41) is 11.2. The number of rotatable bonds is 4. The van der Waals surface area contributed by atoms with Crippen LogP contribution in [0.5, 0.6) is 0 Å². The Morgan fingerprint density at radius 3 is 2.24 bits per heavy atom. The van der Waals surface area contributed by atoms with Crippen molar-refractivity contribution < 1.29 is 22.9 Å². The van der Waals surface area contributed by atoms with Crippen molar-refractivity contribution in [3.05, 3.63) is 70.8 Å². The van der Waals surface area contributed by atoms with Crippen LogP contribution in [0.25, 0.3) is 0 Å². The van der Waals surface area contributed by atoms with Crippen LogP contribution in [0.1, 0.15) is 47.3 Å². The van der Waals surface area contributed by atoms with E-state index in [0.717, 1.165) is 32.4 Å². The summed E-state index contributed by atoms with van der Waals surface area (Å²) in [5.41, 5.74) is 9.14. The SMILES string of the molecule is CS(=O)(=O)O.C[C@H]1CN(CC2(O)Cc3ccccc3C2)CC[C@@]1(C)c1cccc(C(N)=O)c1. The molecule has 4 rings (SSSR count). The molecule has 8 heteroatoms. The fraction of sp³-hybridized carbons (Fsp3) is 0.480. The van der Waals surface area contributed by atoms with Gasteiger partial charge in [-0.05, 0) is 53.1 Å². The van der Waals surface area contributed by atoms with Gasteiger partial charge in [0.2, 0.25) is 5.91 Å². The summed E-state index contributed by atoms with van der Waals surface area (Å²) in [4.78, 5) is 14.0. The number of likely N-dealkylation sites (tertiary alicyclic amines) is 1. The van der Waals surface area contributed by atoms with E-state index in [1.54, 1.807) is 6.07 Å². The Morgan fingerprint density at radius 1 is 1.15 bits per heavy atom. The van der Waals surface area contributed by atoms with E-state index in [1.165, 1.54) is 16.7 Å². The number of carbonyl (C=O) groups is 1. The number of amides is 1. The van der Waals surface area contributed by atoms with Crippen molar-refractivity contribution in [1.82, 2.24) is 4.90 Å². The highest BCUT2D eigenvalue weighted by Gasteiger charge is 2.42. The molecule has 2 aliphatic rings. The fourth-order valence-electron chi connectivity index (χ4n) is 5.12. The molecule has 2 aromatic rings. The molecule has 7 nitrogen and oxygen atoms in total. The second kappa shape index (κ2) is 9.54. The third kappa shape index (κ3) is 6.41. The molecule has 4 N–H and O–H groups in total. The number of piperidine rings is 1. The van der Waals surface area contributed by atoms with Crippen molar-refractivity contribution >= 4 is 16.0 Å². The van der Waals surface area contributed by atoms with Gasteiger partial charge in [-0.3, -0.25) is 9.35 Å². The first-order valence-corrected chi connectivity index (χ1v) is 13.0. The normalized spacial score (nSPS) is 24.5. The van der Waals surface area contributed by atoms with Crippen LogP contribution in [0.2, 0.25) is 0 Å². The minimum absolute atomic E-state index is 0.00319. The maximum absolute atomic E-state index is 11.6. The van der Waals surface area contributed by atoms with E-state index >= 15 is 0 Å². The van der Waals surface area contributed by atoms with Crippen LogP contribution in [0.4, 0.5) is 0 Å². The van der Waals surface area contributed by atoms with Gasteiger partial charge in [-0.1, -0.05) is 50.2 Å². The predicted molar refractivity (Wildman–Crippen MR) is 129 cm³/mol. The smallest absolute Gasteiger partial charge is 0.261 e. The molecule has 2 atom stereocenters. The van der Waals surface area contributed by atoms with Gasteiger partial charge in [-0.25, -0.2) is 0 Å². The maximum atomic E-state index is 11.6. The largest absolute Gasteiger partial charge is 0.388 e. The average Bonchev–Trinajstić information content (AvgIpc) is 3.05. The highest BCUT2D eigenvalue weighted by molar-refractivity contribution is 7.85. The lowest BCUT2D eigenvalue weighted by atomic mass is 9.67. The molecule has 1 aliphatic carbocycles. The predicted octanol–water partition coefficient (Wildman–Crippen LogP) is 2.42. The van der Waals surface area contributed by atoms with Gasteiger partial charge in [0.05, 0.1) is 11.9 Å². The number of hydrogen-bond donors (Lipinski definition) is 3. The first kappa shape index (κ1) is 25.4. The topological polar surface area (TPSA) is 121 Å². The number of benzene rings is 2. The number of β-amino-alcohol motifs (C(OH)–C–C–N with tert-alkyl or cyclic N) is 1. The molecular formula is C25H34N2O5S. The Morgan fingerprint density at radius 2 is 1.73 bits per heavy atom. The van der Waals surface area contributed by atoms with Gasteiger partial charge in [-0.15, -0.1) is 0 Å². The van der Waals surface area contributed by atoms with Crippen LogP contribution in [-0.4, -0.2) is 60.4 Å². The van der Waals surface area contributed by atoms with Gasteiger partial charge in [-0.2, -0.15) is 8.42 Å². The quantitative estimate of drug-likeness (QED) is 0.585. The average molecular weight is 475 g/mol. The van der Waals surface area contributed by atoms with Crippen molar-refractivity contribution in [2.75, 3.05) is 25.9 Å². The van der Waals surface area contributed by atoms with Crippen molar-refractivity contribution in [3.8, 4) is 0 Å². The van der Waals surface area contributed by atoms with Crippen molar-refractivity contribution in [1.29, 1.82) is 0 Å². The Bertz CT molecular complexity index is 1080. The van der Waals surface area contributed by atoms with Crippen molar-refractivity contribution in [2.24, 2.45) is 11.7 Å². The number of fused-ring (bicyclic) bond motifs is 1. The van der Waals surface area contributed by atoms with Gasteiger partial charge in [0.25, 0.3) is 10.1 Å². The van der Waals surface area contributed by atoms with Crippen LogP contribution in [0, 0.1) is 5.92 Å². The van der Waals surface area contributed by atoms with E-state index in [-0.39, 0.29) is 11.3 Å². The summed E-state index contributed by atoms with van der Waals surface area (Å²) in [6.07, 6.45) is 3.20. The number of aliphatic hydroxyl groups is 1. The summed E-state index contributed by atoms with van der Waals surface area (Å²) in [7, 11) is -3.67. The number of nitrogens with zero attached hydrogens (tertiary/aromatic N) is 1. The molecule has 1 amide bonds. The molecule has 1 aliphatic heterocycles. The zero-order chi connectivity index (χ0) is 24.4. The molecule has 1 fully saturated rings. The Hall–Kier alpha value is -2.26. The zero-order valence-electron chi connectivity index (χ0n) is 19.5. The highest BCUT2D eigenvalue weighted by atomic mass is 32.2. The minimum Gasteiger partial charge on any atom is -0.388 e. The third-order valence-corrected chi connectivity index (χ3v) is 7.05. The molecule has 33 heavy (non-hydrogen) atoms. The molecule has 0 unspecified atom stereocenters. The van der Waals surface area contributed by atoms with Crippen LogP contribution in [0.3, 0.4) is 0 Å². The summed E-state index contributed by atoms with van der Waals surface area (Å²) >= 11 is 0. The van der Waals surface area contributed by atoms with E-state index in [1.807, 2.05) is 12.1 Å². The lowest BCUT2D eigenvalue weighted by Gasteiger charge is -2.46. The molecule has 0 bridgehead atoms. The molecule has 0 radical (unpaired) electrons. The molecule has 0 spiro atoms. The summed E-state index contributed by atoms with van der Waals surface area (Å²) in [6, 6.07) is 16.2. The maximum Gasteiger partial charge on any atom is 0.261 e. The van der Waals surface area contributed by atoms with Gasteiger partial charge in [0.1, 0.15) is 0 Å². The molecule has 2 aromatic carbocycles. The van der Waals surface area contributed by atoms with E-state index < -0.39 is 15.7 Å². The Labute approximate surface area is 196 Å². The van der Waals surface area contributed by atoms with Gasteiger partial charge in [0.15, 0.2) is 0 Å². The number of primary amides is 1. The van der Waals surface area contributed by atoms with E-state index in [2.05, 4.69) is 49.1 Å². The van der Waals surface area contributed by atoms with Crippen LogP contribution < -0.4 is 5.73 Å². The standard InChI is InChI=1S/C24H30N2O2.CH4O3S/c1-17-15-26(16-24(28)13-19-6-3-4-7-20(19)14-24)11-10-23(17,2)21-9-5-8-18(12-21)22(25)27;1-5(2,3)4/h3-9,12,17,28H,10-11,13-16H2,1-2H3,(H2,25,27);1H3,(H,2,3,4)/t17-,23+;/m0./s1. The minimum atomic E-state index is -3.67. The molecular weight excluding hydrogens is 440 g/mol. The first-order valence-electron chi connectivity index (χ1n) is 11.1. The number of hydrogen-bond acceptors (Lipinski definition) is 5. The fourth-order valence-corrected chi connectivity index (χ4v) is 5.12. The van der Waals surface area contributed by atoms with Gasteiger partial charge >= 0.3 is 0 Å². The van der Waals surface area contributed by atoms with Crippen LogP contribution in [0.15, 0.2) is 48.5 Å². The lowest BCUT2D eigenvalue weighted by molar-refractivity contribution is -0.00935. The summed E-state index contributed by atoms with van der Waals surface area (Å²) in [6.45, 7) is 7.16. The monoisotopic (exact) mass is 474 g/mol. The first-order chi connectivity index (χ1) is 15.3. The molecule has 1 heterocycles. The third-order valence-electron chi connectivity index (χ3n) is 7.05. The molecule has 180 valence electrons. The lowest BCUT2D eigenvalue weighted by Crippen LogP contribution is -2.52. The van der Waals surface area contributed by atoms with Crippen molar-refractivity contribution in [3.63, 3.8) is 0 Å². The summed E-state index contributed by atoms with van der Waals surface area (Å²) in [5.74, 6) is 0.0373. The summed E-state index contributed by atoms with van der Waals surface area (Å²) < 4.78 is 25.9. The van der Waals surface area contributed by atoms with Crippen LogP contribution in [-0.2, 0) is 28.4 Å². The number of nitrogens with two attached hydrogens (primary N) is 1. The van der Waals surface area contributed by atoms with Gasteiger partial charge in [0, 0.05) is 31.5 Å². The highest BCUT2D eigenvalue weighted by Crippen LogP contribution is 2.40.